The van der Waals surface area contributed by atoms with Gasteiger partial charge in [0.25, 0.3) is 0 Å². The Bertz CT molecular complexity index is 164. The van der Waals surface area contributed by atoms with Crippen molar-refractivity contribution in [1.29, 1.82) is 0 Å². The molecule has 0 radical (unpaired) electrons. The van der Waals surface area contributed by atoms with E-state index in [1.165, 1.54) is 107 Å². The molecule has 0 bridgehead atoms. The van der Waals surface area contributed by atoms with E-state index >= 15 is 0 Å². The summed E-state index contributed by atoms with van der Waals surface area (Å²) in [6, 6.07) is 0. The number of nitrogens with zero attached hydrogens (tertiary/aromatic N) is 1. The van der Waals surface area contributed by atoms with Gasteiger partial charge in [0.15, 0.2) is 0 Å². The van der Waals surface area contributed by atoms with Crippen molar-refractivity contribution < 1.29 is 21.5 Å². The minimum atomic E-state index is 0. The van der Waals surface area contributed by atoms with Crippen LogP contribution in [0.4, 0.5) is 0 Å². The second-order valence-electron chi connectivity index (χ2n) is 6.75. The molecule has 1 nitrogen and oxygen atoms in total. The van der Waals surface area contributed by atoms with Crippen LogP contribution in [0, 0.1) is 0 Å². The molecule has 0 atom stereocenters. The summed E-state index contributed by atoms with van der Waals surface area (Å²) in [5, 5.41) is 1.17. The molecular formula is C19H41Br2N. The first-order chi connectivity index (χ1) is 10.2. The summed E-state index contributed by atoms with van der Waals surface area (Å²) in [6.45, 7) is 12.7. The first-order valence-electron chi connectivity index (χ1n) is 9.65. The molecule has 0 N–H and O–H groups in total. The van der Waals surface area contributed by atoms with Crippen LogP contribution >= 0.6 is 15.9 Å². The summed E-state index contributed by atoms with van der Waals surface area (Å²) < 4.78 is 1.42. The van der Waals surface area contributed by atoms with Gasteiger partial charge in [0.1, 0.15) is 0 Å². The van der Waals surface area contributed by atoms with Gasteiger partial charge in [-0.3, -0.25) is 0 Å². The molecule has 0 fully saturated rings. The van der Waals surface area contributed by atoms with Crippen LogP contribution in [0.2, 0.25) is 0 Å². The molecule has 0 aromatic heterocycles. The number of quaternary nitrogens is 1. The predicted octanol–water partition coefficient (Wildman–Crippen LogP) is 3.55. The van der Waals surface area contributed by atoms with E-state index in [9.17, 15) is 0 Å². The monoisotopic (exact) mass is 441 g/mol. The highest BCUT2D eigenvalue weighted by molar-refractivity contribution is 9.09. The quantitative estimate of drug-likeness (QED) is 0.195. The number of hydrogen-bond acceptors (Lipinski definition) is 0. The second-order valence-corrected chi connectivity index (χ2v) is 7.55. The summed E-state index contributed by atoms with van der Waals surface area (Å²) in [5.74, 6) is 0. The molecule has 0 rings (SSSR count). The average Bonchev–Trinajstić information content (AvgIpc) is 2.48. The third kappa shape index (κ3) is 13.4. The number of rotatable bonds is 16. The van der Waals surface area contributed by atoms with Crippen LogP contribution < -0.4 is 17.0 Å². The molecule has 0 saturated carbocycles. The maximum absolute atomic E-state index is 3.60. The largest absolute Gasteiger partial charge is 1.00 e. The highest BCUT2D eigenvalue weighted by Crippen LogP contribution is 2.18. The summed E-state index contributed by atoms with van der Waals surface area (Å²) >= 11 is 3.60. The van der Waals surface area contributed by atoms with E-state index in [2.05, 4.69) is 36.7 Å². The Kier molecular flexibility index (Phi) is 20.9. The standard InChI is InChI=1S/C19H41BrN.BrH/c1-4-7-11-16-21(17-12-8-5-2,18-13-9-6-3)19-14-10-15-20;/h4-19H2,1-3H3;1H/q+1;/p-1. The van der Waals surface area contributed by atoms with E-state index < -0.39 is 0 Å². The van der Waals surface area contributed by atoms with Crippen LogP contribution in [-0.4, -0.2) is 36.0 Å². The van der Waals surface area contributed by atoms with Crippen LogP contribution in [0.5, 0.6) is 0 Å². The van der Waals surface area contributed by atoms with E-state index in [0.717, 1.165) is 0 Å². The zero-order chi connectivity index (χ0) is 15.8. The van der Waals surface area contributed by atoms with Crippen molar-refractivity contribution in [3.8, 4) is 0 Å². The van der Waals surface area contributed by atoms with Gasteiger partial charge in [-0.25, -0.2) is 0 Å². The fourth-order valence-corrected chi connectivity index (χ4v) is 3.70. The molecular weight excluding hydrogens is 402 g/mol. The molecule has 0 aliphatic heterocycles. The SMILES string of the molecule is CCCCC[N+](CCCCC)(CCCCC)CCCCBr.[Br-]. The fraction of sp³-hybridized carbons (Fsp3) is 1.00. The smallest absolute Gasteiger partial charge is 0.0786 e. The van der Waals surface area contributed by atoms with Crippen molar-refractivity contribution in [2.75, 3.05) is 31.5 Å². The predicted molar refractivity (Wildman–Crippen MR) is 101 cm³/mol. The minimum Gasteiger partial charge on any atom is -1.00 e. The molecule has 0 amide bonds. The Balaban J connectivity index is 0. The molecule has 0 aliphatic carbocycles. The van der Waals surface area contributed by atoms with Gasteiger partial charge in [-0.05, 0) is 51.4 Å². The van der Waals surface area contributed by atoms with Crippen LogP contribution in [0.3, 0.4) is 0 Å². The molecule has 0 saturated heterocycles. The van der Waals surface area contributed by atoms with Crippen LogP contribution in [0.15, 0.2) is 0 Å². The van der Waals surface area contributed by atoms with Gasteiger partial charge in [-0.15, -0.1) is 0 Å². The van der Waals surface area contributed by atoms with Crippen molar-refractivity contribution in [3.05, 3.63) is 0 Å². The van der Waals surface area contributed by atoms with Gasteiger partial charge in [0.05, 0.1) is 26.2 Å². The van der Waals surface area contributed by atoms with Crippen molar-refractivity contribution in [2.45, 2.75) is 91.4 Å². The highest BCUT2D eigenvalue weighted by atomic mass is 79.9. The molecule has 3 heteroatoms. The first kappa shape index (κ1) is 25.2. The molecule has 0 heterocycles. The fourth-order valence-electron chi connectivity index (χ4n) is 3.30. The maximum atomic E-state index is 3.60. The van der Waals surface area contributed by atoms with Gasteiger partial charge in [-0.2, -0.15) is 0 Å². The molecule has 0 spiro atoms. The Morgan fingerprint density at radius 3 is 1.14 bits per heavy atom. The lowest BCUT2D eigenvalue weighted by Gasteiger charge is -2.39. The van der Waals surface area contributed by atoms with Crippen LogP contribution in [-0.2, 0) is 0 Å². The van der Waals surface area contributed by atoms with Crippen molar-refractivity contribution in [3.63, 3.8) is 0 Å². The molecule has 0 aliphatic rings. The van der Waals surface area contributed by atoms with Crippen molar-refractivity contribution in [2.24, 2.45) is 0 Å². The molecule has 0 unspecified atom stereocenters. The number of alkyl halides is 1. The first-order valence-corrected chi connectivity index (χ1v) is 10.8. The number of halogens is 2. The van der Waals surface area contributed by atoms with Gasteiger partial charge >= 0.3 is 0 Å². The second kappa shape index (κ2) is 18.3. The van der Waals surface area contributed by atoms with E-state index in [4.69, 9.17) is 0 Å². The van der Waals surface area contributed by atoms with Crippen molar-refractivity contribution in [1.82, 2.24) is 0 Å². The third-order valence-corrected chi connectivity index (χ3v) is 5.28. The summed E-state index contributed by atoms with van der Waals surface area (Å²) in [4.78, 5) is 0. The Hall–Kier alpha value is 0.920. The maximum Gasteiger partial charge on any atom is 0.0786 e. The molecule has 22 heavy (non-hydrogen) atoms. The van der Waals surface area contributed by atoms with Crippen LogP contribution in [0.25, 0.3) is 0 Å². The Morgan fingerprint density at radius 1 is 0.545 bits per heavy atom. The lowest BCUT2D eigenvalue weighted by Crippen LogP contribution is -3.00. The lowest BCUT2D eigenvalue weighted by molar-refractivity contribution is -0.929. The Morgan fingerprint density at radius 2 is 0.864 bits per heavy atom. The van der Waals surface area contributed by atoms with Crippen molar-refractivity contribution >= 4 is 15.9 Å². The highest BCUT2D eigenvalue weighted by Gasteiger charge is 2.25. The zero-order valence-corrected chi connectivity index (χ0v) is 18.7. The van der Waals surface area contributed by atoms with Crippen LogP contribution in [0.1, 0.15) is 91.4 Å². The summed E-state index contributed by atoms with van der Waals surface area (Å²) in [6.07, 6.45) is 15.3. The third-order valence-electron chi connectivity index (χ3n) is 4.72. The summed E-state index contributed by atoms with van der Waals surface area (Å²) in [7, 11) is 0. The van der Waals surface area contributed by atoms with E-state index in [0.29, 0.717) is 0 Å². The van der Waals surface area contributed by atoms with E-state index in [-0.39, 0.29) is 17.0 Å². The topological polar surface area (TPSA) is 0 Å². The molecule has 0 aromatic rings. The Labute approximate surface area is 160 Å². The normalized spacial score (nSPS) is 11.5. The number of unbranched alkanes of at least 4 members (excludes halogenated alkanes) is 7. The number of hydrogen-bond donors (Lipinski definition) is 0. The van der Waals surface area contributed by atoms with Gasteiger partial charge in [0.2, 0.25) is 0 Å². The lowest BCUT2D eigenvalue weighted by atomic mass is 10.1. The zero-order valence-electron chi connectivity index (χ0n) is 15.5. The average molecular weight is 443 g/mol. The molecule has 136 valence electrons. The van der Waals surface area contributed by atoms with E-state index in [1.54, 1.807) is 0 Å². The van der Waals surface area contributed by atoms with E-state index in [1.807, 2.05) is 0 Å². The van der Waals surface area contributed by atoms with Gasteiger partial charge in [0, 0.05) is 5.33 Å². The van der Waals surface area contributed by atoms with Gasteiger partial charge < -0.3 is 21.5 Å². The minimum absolute atomic E-state index is 0. The molecule has 0 aromatic carbocycles. The van der Waals surface area contributed by atoms with Gasteiger partial charge in [-0.1, -0.05) is 56.0 Å². The summed E-state index contributed by atoms with van der Waals surface area (Å²) in [5.41, 5.74) is 0.